The summed E-state index contributed by atoms with van der Waals surface area (Å²) in [4.78, 5) is 34.1. The van der Waals surface area contributed by atoms with Crippen LogP contribution < -0.4 is 14.2 Å². The van der Waals surface area contributed by atoms with Crippen LogP contribution in [0.25, 0.3) is 0 Å². The van der Waals surface area contributed by atoms with Crippen LogP contribution in [-0.4, -0.2) is 34.3 Å². The van der Waals surface area contributed by atoms with Crippen molar-refractivity contribution in [1.82, 2.24) is 0 Å². The lowest BCUT2D eigenvalue weighted by Gasteiger charge is -2.33. The Morgan fingerprint density at radius 1 is 0.467 bits per heavy atom. The SMILES string of the molecule is CC(C)(C)OC(=O)Oc1ccc(C(C)(C)c2ccc(C(C)(c3ccc(OC(=O)O)cc3)c3ccc(OC(=O)O)cc3)cc2)cc1. The molecule has 0 atom stereocenters. The molecule has 0 amide bonds. The molecule has 4 aromatic carbocycles. The molecule has 4 aromatic rings. The number of carbonyl (C=O) groups excluding carboxylic acids is 1. The first-order valence-corrected chi connectivity index (χ1v) is 14.2. The third-order valence-corrected chi connectivity index (χ3v) is 7.62. The van der Waals surface area contributed by atoms with Crippen molar-refractivity contribution in [1.29, 1.82) is 0 Å². The second-order valence-electron chi connectivity index (χ2n) is 12.2. The Hall–Kier alpha value is -5.31. The van der Waals surface area contributed by atoms with Crippen molar-refractivity contribution in [2.75, 3.05) is 0 Å². The number of rotatable bonds is 8. The van der Waals surface area contributed by atoms with Gasteiger partial charge in [0.15, 0.2) is 0 Å². The van der Waals surface area contributed by atoms with Crippen molar-refractivity contribution >= 4 is 18.5 Å². The van der Waals surface area contributed by atoms with Crippen LogP contribution in [0, 0.1) is 0 Å². The monoisotopic (exact) mass is 612 g/mol. The van der Waals surface area contributed by atoms with Gasteiger partial charge in [-0.3, -0.25) is 0 Å². The summed E-state index contributed by atoms with van der Waals surface area (Å²) >= 11 is 0. The molecule has 0 saturated carbocycles. The van der Waals surface area contributed by atoms with E-state index >= 15 is 0 Å². The van der Waals surface area contributed by atoms with E-state index in [1.807, 2.05) is 31.2 Å². The van der Waals surface area contributed by atoms with Crippen molar-refractivity contribution in [2.24, 2.45) is 0 Å². The quantitative estimate of drug-likeness (QED) is 0.114. The maximum absolute atomic E-state index is 12.1. The molecule has 0 spiro atoms. The third-order valence-electron chi connectivity index (χ3n) is 7.62. The van der Waals surface area contributed by atoms with E-state index < -0.39 is 34.9 Å². The highest BCUT2D eigenvalue weighted by Crippen LogP contribution is 2.41. The molecule has 0 fully saturated rings. The number of hydrogen-bond donors (Lipinski definition) is 2. The molecular formula is C36H36O9. The van der Waals surface area contributed by atoms with Gasteiger partial charge in [0.1, 0.15) is 22.8 Å². The van der Waals surface area contributed by atoms with E-state index in [9.17, 15) is 14.4 Å². The van der Waals surface area contributed by atoms with Gasteiger partial charge in [-0.15, -0.1) is 0 Å². The maximum Gasteiger partial charge on any atom is 0.514 e. The summed E-state index contributed by atoms with van der Waals surface area (Å²) < 4.78 is 20.2. The Morgan fingerprint density at radius 3 is 1.09 bits per heavy atom. The number of benzene rings is 4. The fraction of sp³-hybridized carbons (Fsp3) is 0.250. The molecule has 0 aliphatic rings. The summed E-state index contributed by atoms with van der Waals surface area (Å²) in [6, 6.07) is 29.1. The molecular weight excluding hydrogens is 576 g/mol. The van der Waals surface area contributed by atoms with Gasteiger partial charge in [-0.2, -0.15) is 0 Å². The molecule has 9 nitrogen and oxygen atoms in total. The van der Waals surface area contributed by atoms with Crippen LogP contribution >= 0.6 is 0 Å². The number of carboxylic acid groups (broad SMARTS) is 2. The molecule has 0 aromatic heterocycles. The minimum absolute atomic E-state index is 0.193. The van der Waals surface area contributed by atoms with Gasteiger partial charge >= 0.3 is 18.5 Å². The Labute approximate surface area is 262 Å². The zero-order chi connectivity index (χ0) is 33.0. The van der Waals surface area contributed by atoms with Gasteiger partial charge in [-0.05, 0) is 91.9 Å². The lowest BCUT2D eigenvalue weighted by Crippen LogP contribution is -2.26. The van der Waals surface area contributed by atoms with Crippen LogP contribution in [0.5, 0.6) is 17.2 Å². The van der Waals surface area contributed by atoms with Gasteiger partial charge in [0, 0.05) is 10.8 Å². The minimum Gasteiger partial charge on any atom is -0.449 e. The first-order chi connectivity index (χ1) is 21.1. The molecule has 9 heteroatoms. The molecule has 0 radical (unpaired) electrons. The molecule has 0 unspecified atom stereocenters. The van der Waals surface area contributed by atoms with Gasteiger partial charge in [0.2, 0.25) is 0 Å². The van der Waals surface area contributed by atoms with Gasteiger partial charge in [-0.1, -0.05) is 74.5 Å². The largest absolute Gasteiger partial charge is 0.514 e. The van der Waals surface area contributed by atoms with Gasteiger partial charge in [0.05, 0.1) is 0 Å². The first-order valence-electron chi connectivity index (χ1n) is 14.2. The van der Waals surface area contributed by atoms with E-state index in [1.165, 1.54) is 0 Å². The molecule has 0 aliphatic heterocycles. The molecule has 234 valence electrons. The molecule has 4 rings (SSSR count). The standard InChI is InChI=1S/C36H36O9/c1-34(2,3)45-33(41)44-30-17-11-24(12-18-30)35(4,5)23-7-9-25(10-8-23)36(6,26-13-19-28(20-14-26)42-31(37)38)27-15-21-29(22-16-27)43-32(39)40/h7-22H,1-6H3,(H,37,38)(H,39,40). The third kappa shape index (κ3) is 7.80. The summed E-state index contributed by atoms with van der Waals surface area (Å²) in [7, 11) is 0. The first kappa shape index (κ1) is 32.6. The zero-order valence-corrected chi connectivity index (χ0v) is 26.0. The summed E-state index contributed by atoms with van der Waals surface area (Å²) in [6.45, 7) is 11.6. The average Bonchev–Trinajstić information content (AvgIpc) is 2.96. The summed E-state index contributed by atoms with van der Waals surface area (Å²) in [5.74, 6) is 0.770. The van der Waals surface area contributed by atoms with E-state index in [2.05, 4.69) is 26.0 Å². The van der Waals surface area contributed by atoms with Gasteiger partial charge < -0.3 is 29.2 Å². The van der Waals surface area contributed by atoms with E-state index in [4.69, 9.17) is 29.2 Å². The minimum atomic E-state index is -1.40. The van der Waals surface area contributed by atoms with E-state index in [-0.39, 0.29) is 11.5 Å². The molecule has 0 aliphatic carbocycles. The normalized spacial score (nSPS) is 11.8. The topological polar surface area (TPSA) is 129 Å². The van der Waals surface area contributed by atoms with Crippen LogP contribution in [0.3, 0.4) is 0 Å². The number of ether oxygens (including phenoxy) is 4. The van der Waals surface area contributed by atoms with Crippen molar-refractivity contribution in [3.8, 4) is 17.2 Å². The molecule has 2 N–H and O–H groups in total. The highest BCUT2D eigenvalue weighted by Gasteiger charge is 2.32. The fourth-order valence-corrected chi connectivity index (χ4v) is 5.11. The zero-order valence-electron chi connectivity index (χ0n) is 26.0. The Kier molecular flexibility index (Phi) is 9.23. The Morgan fingerprint density at radius 2 is 0.756 bits per heavy atom. The van der Waals surface area contributed by atoms with Crippen molar-refractivity contribution in [3.63, 3.8) is 0 Å². The lowest BCUT2D eigenvalue weighted by atomic mass is 9.70. The Bertz CT molecular complexity index is 1590. The van der Waals surface area contributed by atoms with E-state index in [0.29, 0.717) is 5.75 Å². The molecule has 0 bridgehead atoms. The van der Waals surface area contributed by atoms with E-state index in [0.717, 1.165) is 27.8 Å². The smallest absolute Gasteiger partial charge is 0.449 e. The summed E-state index contributed by atoms with van der Waals surface area (Å²) in [5, 5.41) is 18.0. The summed E-state index contributed by atoms with van der Waals surface area (Å²) in [5.41, 5.74) is 2.96. The molecule has 0 heterocycles. The second kappa shape index (κ2) is 12.7. The van der Waals surface area contributed by atoms with E-state index in [1.54, 1.807) is 81.4 Å². The number of hydrogen-bond acceptors (Lipinski definition) is 7. The predicted molar refractivity (Wildman–Crippen MR) is 168 cm³/mol. The highest BCUT2D eigenvalue weighted by molar-refractivity contribution is 5.64. The lowest BCUT2D eigenvalue weighted by molar-refractivity contribution is 0.0206. The van der Waals surface area contributed by atoms with Gasteiger partial charge in [-0.25, -0.2) is 14.4 Å². The maximum atomic E-state index is 12.1. The fourth-order valence-electron chi connectivity index (χ4n) is 5.11. The van der Waals surface area contributed by atoms with Crippen LogP contribution in [-0.2, 0) is 15.6 Å². The highest BCUT2D eigenvalue weighted by atomic mass is 16.7. The molecule has 45 heavy (non-hydrogen) atoms. The van der Waals surface area contributed by atoms with Crippen molar-refractivity contribution in [2.45, 2.75) is 58.0 Å². The average molecular weight is 613 g/mol. The Balaban J connectivity index is 1.66. The van der Waals surface area contributed by atoms with Crippen LogP contribution in [0.4, 0.5) is 14.4 Å². The summed E-state index contributed by atoms with van der Waals surface area (Å²) in [6.07, 6.45) is -3.56. The predicted octanol–water partition coefficient (Wildman–Crippen LogP) is 8.79. The number of carbonyl (C=O) groups is 3. The van der Waals surface area contributed by atoms with Gasteiger partial charge in [0.25, 0.3) is 0 Å². The van der Waals surface area contributed by atoms with Crippen molar-refractivity contribution < 1.29 is 43.5 Å². The van der Waals surface area contributed by atoms with Crippen molar-refractivity contribution in [3.05, 3.63) is 125 Å². The molecule has 0 saturated heterocycles. The second-order valence-corrected chi connectivity index (χ2v) is 12.2. The van der Waals surface area contributed by atoms with Crippen LogP contribution in [0.15, 0.2) is 97.1 Å². The van der Waals surface area contributed by atoms with Crippen LogP contribution in [0.1, 0.15) is 69.4 Å². The van der Waals surface area contributed by atoms with Crippen LogP contribution in [0.2, 0.25) is 0 Å².